The maximum Gasteiger partial charge on any atom is 0.264 e. The van der Waals surface area contributed by atoms with Crippen molar-refractivity contribution in [1.29, 1.82) is 0 Å². The summed E-state index contributed by atoms with van der Waals surface area (Å²) in [6.07, 6.45) is -1.27. The minimum Gasteiger partial charge on any atom is -0.387 e. The molecule has 0 aromatic carbocycles. The predicted molar refractivity (Wildman–Crippen MR) is 66.3 cm³/mol. The molecule has 3 unspecified atom stereocenters. The Morgan fingerprint density at radius 3 is 2.90 bits per heavy atom. The summed E-state index contributed by atoms with van der Waals surface area (Å²) in [7, 11) is 1.60. The first-order valence-corrected chi connectivity index (χ1v) is 6.81. The Kier molecular flexibility index (Phi) is 4.70. The van der Waals surface area contributed by atoms with Gasteiger partial charge in [0.25, 0.3) is 6.43 Å². The van der Waals surface area contributed by atoms with Crippen LogP contribution in [-0.2, 0) is 16.8 Å². The normalized spacial score (nSPS) is 28.8. The first kappa shape index (κ1) is 15.3. The number of aliphatic hydroxyl groups is 1. The lowest BCUT2D eigenvalue weighted by Crippen LogP contribution is -2.35. The van der Waals surface area contributed by atoms with Gasteiger partial charge in [-0.1, -0.05) is 18.5 Å². The van der Waals surface area contributed by atoms with Crippen LogP contribution in [0.5, 0.6) is 0 Å². The Balaban J connectivity index is 2.13. The average molecular weight is 290 g/mol. The van der Waals surface area contributed by atoms with Crippen molar-refractivity contribution in [2.45, 2.75) is 57.2 Å². The van der Waals surface area contributed by atoms with Crippen LogP contribution in [0.1, 0.15) is 44.3 Å². The molecule has 0 radical (unpaired) electrons. The maximum absolute atomic E-state index is 12.3. The second-order valence-electron chi connectivity index (χ2n) is 5.52. The van der Waals surface area contributed by atoms with E-state index in [2.05, 4.69) is 17.1 Å². The molecule has 1 heterocycles. The van der Waals surface area contributed by atoms with Gasteiger partial charge in [0.15, 0.2) is 0 Å². The molecule has 1 aliphatic carbocycles. The summed E-state index contributed by atoms with van der Waals surface area (Å²) in [6.45, 7) is 2.13. The molecule has 20 heavy (non-hydrogen) atoms. The van der Waals surface area contributed by atoms with Crippen LogP contribution in [0, 0.1) is 5.92 Å². The van der Waals surface area contributed by atoms with E-state index in [0.29, 0.717) is 11.7 Å². The molecular formula is C13H20F2N2O3. The van der Waals surface area contributed by atoms with E-state index in [0.717, 1.165) is 25.7 Å². The van der Waals surface area contributed by atoms with E-state index in [1.807, 2.05) is 0 Å². The Hall–Kier alpha value is -1.08. The molecule has 114 valence electrons. The van der Waals surface area contributed by atoms with Gasteiger partial charge in [-0.25, -0.2) is 8.78 Å². The molecule has 3 atom stereocenters. The van der Waals surface area contributed by atoms with Crippen molar-refractivity contribution in [2.24, 2.45) is 5.92 Å². The third kappa shape index (κ3) is 3.15. The van der Waals surface area contributed by atoms with Crippen molar-refractivity contribution in [3.05, 3.63) is 11.7 Å². The SMILES string of the molecule is COC1(c2noc(CC(O)C(F)F)n2)CCCC(C)C1. The smallest absolute Gasteiger partial charge is 0.264 e. The number of halogens is 2. The fraction of sp³-hybridized carbons (Fsp3) is 0.846. The van der Waals surface area contributed by atoms with E-state index in [4.69, 9.17) is 14.4 Å². The van der Waals surface area contributed by atoms with Gasteiger partial charge in [-0.15, -0.1) is 0 Å². The van der Waals surface area contributed by atoms with Crippen LogP contribution in [0.25, 0.3) is 0 Å². The van der Waals surface area contributed by atoms with Crippen molar-refractivity contribution in [3.63, 3.8) is 0 Å². The van der Waals surface area contributed by atoms with Crippen LogP contribution in [-0.4, -0.2) is 34.9 Å². The highest BCUT2D eigenvalue weighted by Crippen LogP contribution is 2.41. The standard InChI is InChI=1S/C13H20F2N2O3/c1-8-4-3-5-13(7-8,19-2)12-16-10(20-17-12)6-9(18)11(14)15/h8-9,11,18H,3-7H2,1-2H3. The zero-order valence-corrected chi connectivity index (χ0v) is 11.7. The zero-order chi connectivity index (χ0) is 14.8. The Morgan fingerprint density at radius 2 is 2.30 bits per heavy atom. The number of aliphatic hydroxyl groups excluding tert-OH is 1. The summed E-state index contributed by atoms with van der Waals surface area (Å²) in [6, 6.07) is 0. The lowest BCUT2D eigenvalue weighted by molar-refractivity contribution is -0.0658. The van der Waals surface area contributed by atoms with Gasteiger partial charge >= 0.3 is 0 Å². The number of methoxy groups -OCH3 is 1. The fourth-order valence-corrected chi connectivity index (χ4v) is 2.77. The number of hydrogen-bond acceptors (Lipinski definition) is 5. The lowest BCUT2D eigenvalue weighted by atomic mass is 9.78. The van der Waals surface area contributed by atoms with Crippen molar-refractivity contribution in [3.8, 4) is 0 Å². The first-order valence-electron chi connectivity index (χ1n) is 6.81. The molecule has 1 N–H and O–H groups in total. The van der Waals surface area contributed by atoms with Gasteiger partial charge in [0.2, 0.25) is 11.7 Å². The number of rotatable bonds is 5. The van der Waals surface area contributed by atoms with E-state index < -0.39 is 18.1 Å². The highest BCUT2D eigenvalue weighted by atomic mass is 19.3. The van der Waals surface area contributed by atoms with E-state index >= 15 is 0 Å². The van der Waals surface area contributed by atoms with Gasteiger partial charge in [-0.05, 0) is 25.2 Å². The van der Waals surface area contributed by atoms with Gasteiger partial charge in [-0.2, -0.15) is 4.98 Å². The molecule has 2 rings (SSSR count). The molecule has 7 heteroatoms. The monoisotopic (exact) mass is 290 g/mol. The van der Waals surface area contributed by atoms with Crippen molar-refractivity contribution >= 4 is 0 Å². The summed E-state index contributed by atoms with van der Waals surface area (Å²) in [5.41, 5.74) is -0.602. The largest absolute Gasteiger partial charge is 0.387 e. The summed E-state index contributed by atoms with van der Waals surface area (Å²) in [5, 5.41) is 13.0. The van der Waals surface area contributed by atoms with Gasteiger partial charge in [0.1, 0.15) is 11.7 Å². The molecule has 5 nitrogen and oxygen atoms in total. The van der Waals surface area contributed by atoms with Gasteiger partial charge < -0.3 is 14.4 Å². The molecule has 1 aromatic rings. The minimum absolute atomic E-state index is 0.0162. The average Bonchev–Trinajstić information content (AvgIpc) is 2.87. The summed E-state index contributed by atoms with van der Waals surface area (Å²) in [5.74, 6) is 0.891. The molecular weight excluding hydrogens is 270 g/mol. The molecule has 0 bridgehead atoms. The van der Waals surface area contributed by atoms with E-state index in [9.17, 15) is 8.78 Å². The van der Waals surface area contributed by atoms with Gasteiger partial charge in [0.05, 0.1) is 6.42 Å². The van der Waals surface area contributed by atoms with Crippen molar-refractivity contribution in [2.75, 3.05) is 7.11 Å². The molecule has 0 amide bonds. The maximum atomic E-state index is 12.3. The Morgan fingerprint density at radius 1 is 1.55 bits per heavy atom. The third-order valence-corrected chi connectivity index (χ3v) is 3.90. The molecule has 0 saturated heterocycles. The van der Waals surface area contributed by atoms with Crippen LogP contribution in [0.15, 0.2) is 4.52 Å². The second-order valence-corrected chi connectivity index (χ2v) is 5.52. The molecule has 1 fully saturated rings. The summed E-state index contributed by atoms with van der Waals surface area (Å²) < 4.78 is 35.2. The van der Waals surface area contributed by atoms with E-state index in [-0.39, 0.29) is 12.3 Å². The third-order valence-electron chi connectivity index (χ3n) is 3.90. The van der Waals surface area contributed by atoms with Crippen LogP contribution < -0.4 is 0 Å². The molecule has 1 aromatic heterocycles. The predicted octanol–water partition coefficient (Wildman–Crippen LogP) is 2.29. The summed E-state index contributed by atoms with van der Waals surface area (Å²) >= 11 is 0. The highest BCUT2D eigenvalue weighted by molar-refractivity contribution is 5.04. The second kappa shape index (κ2) is 6.13. The van der Waals surface area contributed by atoms with Gasteiger partial charge in [0, 0.05) is 7.11 Å². The van der Waals surface area contributed by atoms with Crippen molar-refractivity contribution < 1.29 is 23.1 Å². The zero-order valence-electron chi connectivity index (χ0n) is 11.7. The minimum atomic E-state index is -2.82. The van der Waals surface area contributed by atoms with E-state index in [1.54, 1.807) is 7.11 Å². The van der Waals surface area contributed by atoms with Gasteiger partial charge in [-0.3, -0.25) is 0 Å². The number of hydrogen-bond donors (Lipinski definition) is 1. The number of aromatic nitrogens is 2. The number of nitrogens with zero attached hydrogens (tertiary/aromatic N) is 2. The topological polar surface area (TPSA) is 68.4 Å². The molecule has 0 aliphatic heterocycles. The Bertz CT molecular complexity index is 441. The van der Waals surface area contributed by atoms with Crippen LogP contribution in [0.4, 0.5) is 8.78 Å². The quantitative estimate of drug-likeness (QED) is 0.901. The summed E-state index contributed by atoms with van der Waals surface area (Å²) in [4.78, 5) is 4.14. The lowest BCUT2D eigenvalue weighted by Gasteiger charge is -2.36. The highest BCUT2D eigenvalue weighted by Gasteiger charge is 2.41. The van der Waals surface area contributed by atoms with E-state index in [1.165, 1.54) is 0 Å². The molecule has 0 spiro atoms. The van der Waals surface area contributed by atoms with Crippen LogP contribution >= 0.6 is 0 Å². The molecule has 1 aliphatic rings. The number of alkyl halides is 2. The van der Waals surface area contributed by atoms with Crippen LogP contribution in [0.2, 0.25) is 0 Å². The Labute approximate surface area is 116 Å². The fourth-order valence-electron chi connectivity index (χ4n) is 2.77. The van der Waals surface area contributed by atoms with Crippen LogP contribution in [0.3, 0.4) is 0 Å². The first-order chi connectivity index (χ1) is 9.47. The number of ether oxygens (including phenoxy) is 1. The molecule has 1 saturated carbocycles. The van der Waals surface area contributed by atoms with Crippen molar-refractivity contribution in [1.82, 2.24) is 10.1 Å².